The summed E-state index contributed by atoms with van der Waals surface area (Å²) in [6.07, 6.45) is 0. The van der Waals surface area contributed by atoms with Crippen molar-refractivity contribution in [2.24, 2.45) is 0 Å². The molecular formula is C14H8BrF2N. The molecule has 0 bridgehead atoms. The van der Waals surface area contributed by atoms with E-state index >= 15 is 0 Å². The minimum absolute atomic E-state index is 0.344. The first kappa shape index (κ1) is 12.7. The van der Waals surface area contributed by atoms with Crippen LogP contribution in [-0.4, -0.2) is 0 Å². The fourth-order valence-electron chi connectivity index (χ4n) is 1.67. The van der Waals surface area contributed by atoms with Crippen molar-refractivity contribution in [3.63, 3.8) is 0 Å². The van der Waals surface area contributed by atoms with Crippen LogP contribution in [0.3, 0.4) is 0 Å². The predicted molar refractivity (Wildman–Crippen MR) is 68.3 cm³/mol. The standard InChI is InChI=1S/C14H8BrF2N/c15-14(9-5-6-12(16)13(17)7-9)11-4-2-1-3-10(11)8-18/h1-7,14H. The van der Waals surface area contributed by atoms with Gasteiger partial charge in [-0.25, -0.2) is 8.78 Å². The molecule has 1 nitrogen and oxygen atoms in total. The number of hydrogen-bond acceptors (Lipinski definition) is 1. The Balaban J connectivity index is 2.45. The molecule has 18 heavy (non-hydrogen) atoms. The Morgan fingerprint density at radius 2 is 1.78 bits per heavy atom. The minimum atomic E-state index is -0.897. The highest BCUT2D eigenvalue weighted by Gasteiger charge is 2.15. The van der Waals surface area contributed by atoms with E-state index in [9.17, 15) is 8.78 Å². The van der Waals surface area contributed by atoms with Crippen molar-refractivity contribution in [1.82, 2.24) is 0 Å². The number of benzene rings is 2. The van der Waals surface area contributed by atoms with Crippen LogP contribution in [0.15, 0.2) is 42.5 Å². The Hall–Kier alpha value is -1.73. The summed E-state index contributed by atoms with van der Waals surface area (Å²) in [6.45, 7) is 0. The van der Waals surface area contributed by atoms with Crippen LogP contribution in [0.25, 0.3) is 0 Å². The van der Waals surface area contributed by atoms with Crippen molar-refractivity contribution in [2.75, 3.05) is 0 Å². The van der Waals surface area contributed by atoms with Crippen molar-refractivity contribution < 1.29 is 8.78 Å². The normalized spacial score (nSPS) is 11.9. The summed E-state index contributed by atoms with van der Waals surface area (Å²) in [5.74, 6) is -1.78. The number of halogens is 3. The van der Waals surface area contributed by atoms with Gasteiger partial charge in [0.25, 0.3) is 0 Å². The second kappa shape index (κ2) is 5.28. The third-order valence-corrected chi connectivity index (χ3v) is 3.61. The lowest BCUT2D eigenvalue weighted by Crippen LogP contribution is -1.97. The average molecular weight is 308 g/mol. The quantitative estimate of drug-likeness (QED) is 0.758. The third kappa shape index (κ3) is 2.41. The summed E-state index contributed by atoms with van der Waals surface area (Å²) in [5.41, 5.74) is 1.80. The van der Waals surface area contributed by atoms with E-state index in [1.807, 2.05) is 0 Å². The van der Waals surface area contributed by atoms with E-state index in [1.54, 1.807) is 24.3 Å². The smallest absolute Gasteiger partial charge is 0.159 e. The molecule has 0 saturated carbocycles. The summed E-state index contributed by atoms with van der Waals surface area (Å²) in [5, 5.41) is 9.01. The first-order chi connectivity index (χ1) is 8.63. The molecule has 0 fully saturated rings. The van der Waals surface area contributed by atoms with Crippen molar-refractivity contribution >= 4 is 15.9 Å². The molecule has 0 saturated heterocycles. The monoisotopic (exact) mass is 307 g/mol. The van der Waals surface area contributed by atoms with E-state index in [0.29, 0.717) is 11.1 Å². The van der Waals surface area contributed by atoms with Gasteiger partial charge >= 0.3 is 0 Å². The Bertz CT molecular complexity index is 619. The number of nitrogens with zero attached hydrogens (tertiary/aromatic N) is 1. The summed E-state index contributed by atoms with van der Waals surface area (Å²) < 4.78 is 26.0. The molecule has 90 valence electrons. The molecule has 0 aliphatic rings. The van der Waals surface area contributed by atoms with Gasteiger partial charge in [-0.2, -0.15) is 5.26 Å². The van der Waals surface area contributed by atoms with Crippen LogP contribution in [0.4, 0.5) is 8.78 Å². The number of rotatable bonds is 2. The molecule has 0 amide bonds. The topological polar surface area (TPSA) is 23.8 Å². The number of hydrogen-bond donors (Lipinski definition) is 0. The van der Waals surface area contributed by atoms with E-state index in [0.717, 1.165) is 17.7 Å². The van der Waals surface area contributed by atoms with Crippen LogP contribution in [0.1, 0.15) is 21.5 Å². The summed E-state index contributed by atoms with van der Waals surface area (Å²) in [6, 6.07) is 12.8. The number of nitriles is 1. The summed E-state index contributed by atoms with van der Waals surface area (Å²) >= 11 is 3.40. The minimum Gasteiger partial charge on any atom is -0.204 e. The van der Waals surface area contributed by atoms with Gasteiger partial charge in [0.05, 0.1) is 16.5 Å². The van der Waals surface area contributed by atoms with E-state index in [4.69, 9.17) is 5.26 Å². The zero-order chi connectivity index (χ0) is 13.1. The molecule has 2 rings (SSSR count). The predicted octanol–water partition coefficient (Wildman–Crippen LogP) is 4.32. The molecule has 1 unspecified atom stereocenters. The van der Waals surface area contributed by atoms with E-state index in [2.05, 4.69) is 22.0 Å². The van der Waals surface area contributed by atoms with Gasteiger partial charge in [0.1, 0.15) is 0 Å². The second-order valence-electron chi connectivity index (χ2n) is 3.74. The van der Waals surface area contributed by atoms with Crippen LogP contribution < -0.4 is 0 Å². The van der Waals surface area contributed by atoms with Gasteiger partial charge in [-0.3, -0.25) is 0 Å². The van der Waals surface area contributed by atoms with Crippen LogP contribution >= 0.6 is 15.9 Å². The lowest BCUT2D eigenvalue weighted by Gasteiger charge is -2.12. The maximum Gasteiger partial charge on any atom is 0.159 e. The summed E-state index contributed by atoms with van der Waals surface area (Å²) in [4.78, 5) is -0.344. The molecule has 0 radical (unpaired) electrons. The maximum absolute atomic E-state index is 13.2. The Labute approximate surface area is 112 Å². The Morgan fingerprint density at radius 3 is 2.44 bits per heavy atom. The second-order valence-corrected chi connectivity index (χ2v) is 4.65. The molecule has 0 aromatic heterocycles. The third-order valence-electron chi connectivity index (χ3n) is 2.59. The molecule has 2 aromatic carbocycles. The highest BCUT2D eigenvalue weighted by molar-refractivity contribution is 9.09. The van der Waals surface area contributed by atoms with Gasteiger partial charge in [-0.15, -0.1) is 0 Å². The fourth-order valence-corrected chi connectivity index (χ4v) is 2.35. The van der Waals surface area contributed by atoms with Gasteiger partial charge in [0, 0.05) is 0 Å². The maximum atomic E-state index is 13.2. The molecule has 2 aromatic rings. The van der Waals surface area contributed by atoms with Gasteiger partial charge in [0.15, 0.2) is 11.6 Å². The fraction of sp³-hybridized carbons (Fsp3) is 0.0714. The molecule has 4 heteroatoms. The molecular weight excluding hydrogens is 300 g/mol. The molecule has 0 N–H and O–H groups in total. The highest BCUT2D eigenvalue weighted by Crippen LogP contribution is 2.33. The van der Waals surface area contributed by atoms with Gasteiger partial charge in [-0.05, 0) is 29.3 Å². The molecule has 0 spiro atoms. The zero-order valence-corrected chi connectivity index (χ0v) is 10.8. The summed E-state index contributed by atoms with van der Waals surface area (Å²) in [7, 11) is 0. The molecule has 1 atom stereocenters. The van der Waals surface area contributed by atoms with Crippen molar-refractivity contribution in [1.29, 1.82) is 5.26 Å². The van der Waals surface area contributed by atoms with Gasteiger partial charge < -0.3 is 0 Å². The Kier molecular flexibility index (Phi) is 3.73. The average Bonchev–Trinajstić information content (AvgIpc) is 2.41. The lowest BCUT2D eigenvalue weighted by molar-refractivity contribution is 0.507. The highest BCUT2D eigenvalue weighted by atomic mass is 79.9. The SMILES string of the molecule is N#Cc1ccccc1C(Br)c1ccc(F)c(F)c1. The first-order valence-electron chi connectivity index (χ1n) is 5.21. The number of alkyl halides is 1. The van der Waals surface area contributed by atoms with Crippen LogP contribution in [0.2, 0.25) is 0 Å². The van der Waals surface area contributed by atoms with Crippen LogP contribution in [0, 0.1) is 23.0 Å². The molecule has 0 heterocycles. The molecule has 0 aliphatic carbocycles. The zero-order valence-electron chi connectivity index (χ0n) is 9.20. The van der Waals surface area contributed by atoms with Crippen molar-refractivity contribution in [3.8, 4) is 6.07 Å². The van der Waals surface area contributed by atoms with Crippen LogP contribution in [0.5, 0.6) is 0 Å². The van der Waals surface area contributed by atoms with Crippen molar-refractivity contribution in [2.45, 2.75) is 4.83 Å². The molecule has 0 aliphatic heterocycles. The largest absolute Gasteiger partial charge is 0.204 e. The van der Waals surface area contributed by atoms with E-state index in [1.165, 1.54) is 6.07 Å². The van der Waals surface area contributed by atoms with E-state index in [-0.39, 0.29) is 4.83 Å². The van der Waals surface area contributed by atoms with E-state index < -0.39 is 11.6 Å². The van der Waals surface area contributed by atoms with Crippen LogP contribution in [-0.2, 0) is 0 Å². The van der Waals surface area contributed by atoms with Gasteiger partial charge in [-0.1, -0.05) is 40.2 Å². The first-order valence-corrected chi connectivity index (χ1v) is 6.13. The Morgan fingerprint density at radius 1 is 1.06 bits per heavy atom. The lowest BCUT2D eigenvalue weighted by atomic mass is 10.0. The van der Waals surface area contributed by atoms with Gasteiger partial charge in [0.2, 0.25) is 0 Å². The van der Waals surface area contributed by atoms with Crippen molar-refractivity contribution in [3.05, 3.63) is 70.8 Å².